The van der Waals surface area contributed by atoms with Crippen LogP contribution in [0.15, 0.2) is 35.9 Å². The van der Waals surface area contributed by atoms with Gasteiger partial charge in [0.1, 0.15) is 12.4 Å². The summed E-state index contributed by atoms with van der Waals surface area (Å²) < 4.78 is 6.07. The number of benzene rings is 1. The van der Waals surface area contributed by atoms with E-state index in [0.29, 0.717) is 17.9 Å². The van der Waals surface area contributed by atoms with E-state index in [4.69, 9.17) is 9.84 Å². The van der Waals surface area contributed by atoms with Gasteiger partial charge in [0.05, 0.1) is 6.42 Å². The van der Waals surface area contributed by atoms with Crippen LogP contribution in [0, 0.1) is 11.3 Å². The van der Waals surface area contributed by atoms with Gasteiger partial charge in [-0.05, 0) is 72.6 Å². The van der Waals surface area contributed by atoms with Crippen molar-refractivity contribution in [3.8, 4) is 5.75 Å². The Morgan fingerprint density at radius 2 is 1.81 bits per heavy atom. The molecule has 0 amide bonds. The summed E-state index contributed by atoms with van der Waals surface area (Å²) in [6.07, 6.45) is 13.3. The van der Waals surface area contributed by atoms with Crippen molar-refractivity contribution in [2.24, 2.45) is 11.3 Å². The van der Waals surface area contributed by atoms with Crippen LogP contribution in [-0.2, 0) is 4.79 Å². The third-order valence-corrected chi connectivity index (χ3v) is 6.56. The number of rotatable bonds is 7. The molecule has 0 radical (unpaired) electrons. The van der Waals surface area contributed by atoms with Crippen molar-refractivity contribution < 1.29 is 14.6 Å². The lowest BCUT2D eigenvalue weighted by Crippen LogP contribution is -2.28. The fourth-order valence-electron chi connectivity index (χ4n) is 4.98. The lowest BCUT2D eigenvalue weighted by atomic mass is 9.65. The molecule has 1 saturated carbocycles. The molecule has 2 aliphatic carbocycles. The van der Waals surface area contributed by atoms with Gasteiger partial charge in [-0.1, -0.05) is 51.3 Å². The van der Waals surface area contributed by atoms with E-state index in [9.17, 15) is 4.79 Å². The van der Waals surface area contributed by atoms with Crippen LogP contribution < -0.4 is 4.74 Å². The summed E-state index contributed by atoms with van der Waals surface area (Å²) >= 11 is 0. The molecule has 3 nitrogen and oxygen atoms in total. The smallest absolute Gasteiger partial charge is 0.303 e. The second-order valence-corrected chi connectivity index (χ2v) is 8.94. The van der Waals surface area contributed by atoms with Crippen molar-refractivity contribution in [2.45, 2.75) is 77.6 Å². The number of carboxylic acid groups (broad SMARTS) is 1. The molecule has 1 atom stereocenters. The maximum Gasteiger partial charge on any atom is 0.303 e. The molecule has 0 bridgehead atoms. The molecule has 0 heterocycles. The predicted octanol–water partition coefficient (Wildman–Crippen LogP) is 6.34. The molecular weight excluding hydrogens is 336 g/mol. The van der Waals surface area contributed by atoms with E-state index < -0.39 is 5.97 Å². The van der Waals surface area contributed by atoms with Crippen molar-refractivity contribution in [1.82, 2.24) is 0 Å². The van der Waals surface area contributed by atoms with Crippen molar-refractivity contribution in [3.63, 3.8) is 0 Å². The highest BCUT2D eigenvalue weighted by Gasteiger charge is 2.34. The Labute approximate surface area is 163 Å². The van der Waals surface area contributed by atoms with Crippen LogP contribution in [0.1, 0.15) is 83.1 Å². The van der Waals surface area contributed by atoms with E-state index in [1.165, 1.54) is 56.9 Å². The number of allylic oxidation sites excluding steroid dienone is 1. The molecule has 1 aromatic rings. The van der Waals surface area contributed by atoms with Gasteiger partial charge in [-0.3, -0.25) is 4.79 Å². The van der Waals surface area contributed by atoms with Crippen molar-refractivity contribution in [3.05, 3.63) is 41.5 Å². The van der Waals surface area contributed by atoms with Gasteiger partial charge in [-0.15, -0.1) is 0 Å². The van der Waals surface area contributed by atoms with Gasteiger partial charge < -0.3 is 9.84 Å². The number of hydrogen-bond acceptors (Lipinski definition) is 2. The largest absolute Gasteiger partial charge is 0.489 e. The van der Waals surface area contributed by atoms with E-state index in [1.54, 1.807) is 0 Å². The first kappa shape index (κ1) is 20.0. The lowest BCUT2D eigenvalue weighted by molar-refractivity contribution is -0.137. The van der Waals surface area contributed by atoms with E-state index >= 15 is 0 Å². The second kappa shape index (κ2) is 8.95. The maximum atomic E-state index is 11.1. The predicted molar refractivity (Wildman–Crippen MR) is 109 cm³/mol. The molecular formula is C24H34O3. The highest BCUT2D eigenvalue weighted by molar-refractivity contribution is 5.68. The van der Waals surface area contributed by atoms with Crippen LogP contribution in [-0.4, -0.2) is 17.7 Å². The molecule has 2 aliphatic rings. The average molecular weight is 371 g/mol. The van der Waals surface area contributed by atoms with Crippen LogP contribution >= 0.6 is 0 Å². The van der Waals surface area contributed by atoms with Crippen LogP contribution in [0.4, 0.5) is 0 Å². The van der Waals surface area contributed by atoms with E-state index in [1.807, 2.05) is 24.3 Å². The highest BCUT2D eigenvalue weighted by atomic mass is 16.5. The van der Waals surface area contributed by atoms with E-state index in [0.717, 1.165) is 11.3 Å². The third kappa shape index (κ3) is 5.37. The fraction of sp³-hybridized carbons (Fsp3) is 0.625. The molecule has 0 unspecified atom stereocenters. The molecule has 3 rings (SSSR count). The first-order valence-corrected chi connectivity index (χ1v) is 10.6. The van der Waals surface area contributed by atoms with Crippen molar-refractivity contribution >= 4 is 5.97 Å². The molecule has 27 heavy (non-hydrogen) atoms. The summed E-state index contributed by atoms with van der Waals surface area (Å²) in [5.74, 6) is 0.478. The minimum atomic E-state index is -0.741. The van der Waals surface area contributed by atoms with Gasteiger partial charge in [-0.25, -0.2) is 0 Å². The number of ether oxygens (including phenoxy) is 1. The first-order chi connectivity index (χ1) is 13.0. The molecule has 0 saturated heterocycles. The van der Waals surface area contributed by atoms with Gasteiger partial charge in [0, 0.05) is 0 Å². The lowest BCUT2D eigenvalue weighted by Gasteiger charge is -2.40. The zero-order valence-corrected chi connectivity index (χ0v) is 16.9. The zero-order valence-electron chi connectivity index (χ0n) is 16.9. The quantitative estimate of drug-likeness (QED) is 0.570. The molecule has 0 aromatic heterocycles. The van der Waals surface area contributed by atoms with Crippen LogP contribution in [0.3, 0.4) is 0 Å². The molecule has 1 fully saturated rings. The number of aliphatic carboxylic acids is 1. The van der Waals surface area contributed by atoms with Gasteiger partial charge in [-0.2, -0.15) is 0 Å². The maximum absolute atomic E-state index is 11.1. The van der Waals surface area contributed by atoms with Gasteiger partial charge in [0.25, 0.3) is 0 Å². The molecule has 1 spiro atoms. The summed E-state index contributed by atoms with van der Waals surface area (Å²) in [6.45, 7) is 4.84. The average Bonchev–Trinajstić information content (AvgIpc) is 2.65. The Bertz CT molecular complexity index is 651. The van der Waals surface area contributed by atoms with Crippen LogP contribution in [0.2, 0.25) is 0 Å². The summed E-state index contributed by atoms with van der Waals surface area (Å²) in [7, 11) is 0. The third-order valence-electron chi connectivity index (χ3n) is 6.56. The van der Waals surface area contributed by atoms with Crippen LogP contribution in [0.5, 0.6) is 5.75 Å². The summed E-state index contributed by atoms with van der Waals surface area (Å²) in [4.78, 5) is 11.1. The van der Waals surface area contributed by atoms with Crippen molar-refractivity contribution in [1.29, 1.82) is 0 Å². The first-order valence-electron chi connectivity index (χ1n) is 10.6. The van der Waals surface area contributed by atoms with Gasteiger partial charge in [0.15, 0.2) is 0 Å². The highest BCUT2D eigenvalue weighted by Crippen LogP contribution is 2.47. The van der Waals surface area contributed by atoms with Crippen molar-refractivity contribution in [2.75, 3.05) is 6.61 Å². The fourth-order valence-corrected chi connectivity index (χ4v) is 4.98. The topological polar surface area (TPSA) is 46.5 Å². The van der Waals surface area contributed by atoms with E-state index in [-0.39, 0.29) is 12.3 Å². The Balaban J connectivity index is 1.57. The molecule has 148 valence electrons. The summed E-state index contributed by atoms with van der Waals surface area (Å²) in [5, 5.41) is 9.15. The Morgan fingerprint density at radius 1 is 1.11 bits per heavy atom. The standard InChI is InChI=1S/C24H34O3/c1-18(2)22(15-23(25)26)20-8-10-21(11-9-20)27-17-19-7-6-14-24(16-19)12-4-3-5-13-24/h7-11,18,22H,3-6,12-17H2,1-2H3,(H,25,26)/t22-/m1/s1. The Morgan fingerprint density at radius 3 is 2.44 bits per heavy atom. The number of carboxylic acids is 1. The second-order valence-electron chi connectivity index (χ2n) is 8.94. The van der Waals surface area contributed by atoms with Crippen LogP contribution in [0.25, 0.3) is 0 Å². The van der Waals surface area contributed by atoms with E-state index in [2.05, 4.69) is 19.9 Å². The normalized spacial score (nSPS) is 20.3. The minimum Gasteiger partial charge on any atom is -0.489 e. The summed E-state index contributed by atoms with van der Waals surface area (Å²) in [5.41, 5.74) is 3.09. The molecule has 0 aliphatic heterocycles. The summed E-state index contributed by atoms with van der Waals surface area (Å²) in [6, 6.07) is 8.04. The monoisotopic (exact) mass is 370 g/mol. The van der Waals surface area contributed by atoms with Gasteiger partial charge in [0.2, 0.25) is 0 Å². The molecule has 1 aromatic carbocycles. The minimum absolute atomic E-state index is 0.0452. The number of carbonyl (C=O) groups is 1. The SMILES string of the molecule is CC(C)[C@@H](CC(=O)O)c1ccc(OCC2=CCCC3(CCCCC3)C2)cc1. The molecule has 3 heteroatoms. The van der Waals surface area contributed by atoms with Gasteiger partial charge >= 0.3 is 5.97 Å². The number of hydrogen-bond donors (Lipinski definition) is 1. The Kier molecular flexibility index (Phi) is 6.62. The zero-order chi connectivity index (χ0) is 19.3. The Hall–Kier alpha value is -1.77. The molecule has 1 N–H and O–H groups in total.